The number of hydrogen-bond donors (Lipinski definition) is 3. The Kier molecular flexibility index (Phi) is 3.33. The van der Waals surface area contributed by atoms with Crippen LogP contribution < -0.4 is 5.32 Å². The van der Waals surface area contributed by atoms with Gasteiger partial charge in [0.2, 0.25) is 0 Å². The third kappa shape index (κ3) is 2.97. The third-order valence-electron chi connectivity index (χ3n) is 3.18. The quantitative estimate of drug-likeness (QED) is 0.729. The molecule has 0 radical (unpaired) electrons. The van der Waals surface area contributed by atoms with Crippen LogP contribution in [0.1, 0.15) is 31.4 Å². The van der Waals surface area contributed by atoms with Crippen molar-refractivity contribution in [1.82, 2.24) is 5.32 Å². The van der Waals surface area contributed by atoms with E-state index in [1.165, 1.54) is 0 Å². The van der Waals surface area contributed by atoms with E-state index in [4.69, 9.17) is 5.11 Å². The van der Waals surface area contributed by atoms with Crippen LogP contribution in [0.2, 0.25) is 0 Å². The monoisotopic (exact) mass is 235 g/mol. The highest BCUT2D eigenvalue weighted by molar-refractivity contribution is 5.74. The second-order valence-electron chi connectivity index (χ2n) is 4.63. The summed E-state index contributed by atoms with van der Waals surface area (Å²) in [5.74, 6) is -0.289. The fourth-order valence-corrected chi connectivity index (χ4v) is 1.97. The molecule has 17 heavy (non-hydrogen) atoms. The SMILES string of the molecule is CC(NC(C(=O)O)C1CC1)c1ccc(O)cc1. The summed E-state index contributed by atoms with van der Waals surface area (Å²) >= 11 is 0. The molecular weight excluding hydrogens is 218 g/mol. The molecule has 1 aliphatic carbocycles. The molecule has 1 saturated carbocycles. The largest absolute Gasteiger partial charge is 0.508 e. The van der Waals surface area contributed by atoms with Crippen LogP contribution in [-0.2, 0) is 4.79 Å². The predicted molar refractivity (Wildman–Crippen MR) is 63.8 cm³/mol. The van der Waals surface area contributed by atoms with Crippen LogP contribution in [-0.4, -0.2) is 22.2 Å². The van der Waals surface area contributed by atoms with E-state index in [-0.39, 0.29) is 17.7 Å². The number of hydrogen-bond acceptors (Lipinski definition) is 3. The lowest BCUT2D eigenvalue weighted by atomic mass is 10.1. The Bertz CT molecular complexity index is 398. The Balaban J connectivity index is 2.01. The van der Waals surface area contributed by atoms with Crippen molar-refractivity contribution in [3.63, 3.8) is 0 Å². The molecule has 2 unspecified atom stereocenters. The molecular formula is C13H17NO3. The van der Waals surface area contributed by atoms with Crippen LogP contribution in [0, 0.1) is 5.92 Å². The van der Waals surface area contributed by atoms with Crippen LogP contribution in [0.3, 0.4) is 0 Å². The number of carbonyl (C=O) groups is 1. The van der Waals surface area contributed by atoms with Crippen molar-refractivity contribution in [3.8, 4) is 5.75 Å². The lowest BCUT2D eigenvalue weighted by Crippen LogP contribution is -2.39. The fraction of sp³-hybridized carbons (Fsp3) is 0.462. The average Bonchev–Trinajstić information content (AvgIpc) is 3.10. The van der Waals surface area contributed by atoms with Crippen molar-refractivity contribution in [2.24, 2.45) is 5.92 Å². The van der Waals surface area contributed by atoms with Crippen LogP contribution in [0.5, 0.6) is 5.75 Å². The molecule has 0 saturated heterocycles. The summed E-state index contributed by atoms with van der Waals surface area (Å²) in [6, 6.07) is 6.34. The Morgan fingerprint density at radius 3 is 2.41 bits per heavy atom. The van der Waals surface area contributed by atoms with Gasteiger partial charge >= 0.3 is 5.97 Å². The molecule has 1 aromatic carbocycles. The Hall–Kier alpha value is -1.55. The zero-order chi connectivity index (χ0) is 12.4. The van der Waals surface area contributed by atoms with Gasteiger partial charge in [-0.25, -0.2) is 0 Å². The number of rotatable bonds is 5. The summed E-state index contributed by atoms with van der Waals surface area (Å²) < 4.78 is 0. The lowest BCUT2D eigenvalue weighted by molar-refractivity contribution is -0.140. The first kappa shape index (κ1) is 11.9. The third-order valence-corrected chi connectivity index (χ3v) is 3.18. The molecule has 1 aliphatic rings. The molecule has 4 heteroatoms. The van der Waals surface area contributed by atoms with Gasteiger partial charge in [-0.05, 0) is 43.4 Å². The zero-order valence-corrected chi connectivity index (χ0v) is 9.76. The number of phenolic OH excluding ortho intramolecular Hbond substituents is 1. The minimum Gasteiger partial charge on any atom is -0.508 e. The molecule has 1 fully saturated rings. The zero-order valence-electron chi connectivity index (χ0n) is 9.76. The summed E-state index contributed by atoms with van der Waals surface area (Å²) in [5.41, 5.74) is 0.981. The van der Waals surface area contributed by atoms with E-state index in [0.29, 0.717) is 0 Å². The van der Waals surface area contributed by atoms with Gasteiger partial charge in [0.05, 0.1) is 0 Å². The number of nitrogens with one attached hydrogen (secondary N) is 1. The summed E-state index contributed by atoms with van der Waals surface area (Å²) in [5, 5.41) is 21.4. The Morgan fingerprint density at radius 1 is 1.35 bits per heavy atom. The van der Waals surface area contributed by atoms with E-state index < -0.39 is 12.0 Å². The average molecular weight is 235 g/mol. The van der Waals surface area contributed by atoms with Crippen LogP contribution >= 0.6 is 0 Å². The normalized spacial score (nSPS) is 18.6. The number of phenols is 1. The van der Waals surface area contributed by atoms with Gasteiger partial charge in [0.1, 0.15) is 11.8 Å². The Labute approximate surface area is 100 Å². The molecule has 0 bridgehead atoms. The molecule has 0 aromatic heterocycles. The highest BCUT2D eigenvalue weighted by Crippen LogP contribution is 2.34. The molecule has 3 N–H and O–H groups in total. The van der Waals surface area contributed by atoms with Gasteiger partial charge in [-0.2, -0.15) is 0 Å². The number of benzene rings is 1. The van der Waals surface area contributed by atoms with Gasteiger partial charge in [-0.1, -0.05) is 12.1 Å². The fourth-order valence-electron chi connectivity index (χ4n) is 1.97. The van der Waals surface area contributed by atoms with E-state index in [0.717, 1.165) is 18.4 Å². The van der Waals surface area contributed by atoms with Crippen molar-refractivity contribution >= 4 is 5.97 Å². The number of carboxylic acids is 1. The van der Waals surface area contributed by atoms with Crippen molar-refractivity contribution in [1.29, 1.82) is 0 Å². The van der Waals surface area contributed by atoms with Gasteiger partial charge in [0.15, 0.2) is 0 Å². The maximum absolute atomic E-state index is 11.1. The first-order valence-electron chi connectivity index (χ1n) is 5.85. The number of aliphatic carboxylic acids is 1. The molecule has 0 heterocycles. The van der Waals surface area contributed by atoms with Crippen molar-refractivity contribution in [2.45, 2.75) is 31.8 Å². The molecule has 2 rings (SSSR count). The Morgan fingerprint density at radius 2 is 1.94 bits per heavy atom. The van der Waals surface area contributed by atoms with Crippen LogP contribution in [0.15, 0.2) is 24.3 Å². The van der Waals surface area contributed by atoms with Crippen molar-refractivity contribution in [2.75, 3.05) is 0 Å². The van der Waals surface area contributed by atoms with Crippen LogP contribution in [0.25, 0.3) is 0 Å². The standard InChI is InChI=1S/C13H17NO3/c1-8(9-4-6-11(15)7-5-9)14-12(13(16)17)10-2-3-10/h4-8,10,12,14-15H,2-3H2,1H3,(H,16,17). The first-order valence-corrected chi connectivity index (χ1v) is 5.85. The smallest absolute Gasteiger partial charge is 0.320 e. The summed E-state index contributed by atoms with van der Waals surface area (Å²) in [6.45, 7) is 1.94. The lowest BCUT2D eigenvalue weighted by Gasteiger charge is -2.20. The molecule has 0 amide bonds. The van der Waals surface area contributed by atoms with E-state index in [2.05, 4.69) is 5.32 Å². The minimum absolute atomic E-state index is 0.0303. The molecule has 1 aromatic rings. The van der Waals surface area contributed by atoms with Gasteiger partial charge in [0.25, 0.3) is 0 Å². The predicted octanol–water partition coefficient (Wildman–Crippen LogP) is 1.91. The van der Waals surface area contributed by atoms with Crippen molar-refractivity contribution < 1.29 is 15.0 Å². The second-order valence-corrected chi connectivity index (χ2v) is 4.63. The highest BCUT2D eigenvalue weighted by Gasteiger charge is 2.36. The number of carboxylic acid groups (broad SMARTS) is 1. The molecule has 4 nitrogen and oxygen atoms in total. The molecule has 0 aliphatic heterocycles. The summed E-state index contributed by atoms with van der Waals surface area (Å²) in [6.07, 6.45) is 1.98. The minimum atomic E-state index is -0.780. The van der Waals surface area contributed by atoms with Gasteiger partial charge in [-0.15, -0.1) is 0 Å². The van der Waals surface area contributed by atoms with E-state index in [1.807, 2.05) is 6.92 Å². The molecule has 0 spiro atoms. The van der Waals surface area contributed by atoms with Crippen LogP contribution in [0.4, 0.5) is 0 Å². The van der Waals surface area contributed by atoms with E-state index in [9.17, 15) is 9.90 Å². The maximum atomic E-state index is 11.1. The van der Waals surface area contributed by atoms with E-state index >= 15 is 0 Å². The number of aromatic hydroxyl groups is 1. The summed E-state index contributed by atoms with van der Waals surface area (Å²) in [4.78, 5) is 11.1. The highest BCUT2D eigenvalue weighted by atomic mass is 16.4. The van der Waals surface area contributed by atoms with Crippen molar-refractivity contribution in [3.05, 3.63) is 29.8 Å². The topological polar surface area (TPSA) is 69.6 Å². The second kappa shape index (κ2) is 4.75. The summed E-state index contributed by atoms with van der Waals surface area (Å²) in [7, 11) is 0. The molecule has 2 atom stereocenters. The van der Waals surface area contributed by atoms with Gasteiger partial charge < -0.3 is 10.2 Å². The molecule has 92 valence electrons. The van der Waals surface area contributed by atoms with Gasteiger partial charge in [-0.3, -0.25) is 10.1 Å². The van der Waals surface area contributed by atoms with Gasteiger partial charge in [0, 0.05) is 6.04 Å². The van der Waals surface area contributed by atoms with E-state index in [1.54, 1.807) is 24.3 Å². The maximum Gasteiger partial charge on any atom is 0.320 e. The first-order chi connectivity index (χ1) is 8.08.